The normalized spacial score (nSPS) is 18.0. The second-order valence-electron chi connectivity index (χ2n) is 6.36. The fourth-order valence-corrected chi connectivity index (χ4v) is 3.42. The van der Waals surface area contributed by atoms with Crippen LogP contribution in [-0.2, 0) is 0 Å². The van der Waals surface area contributed by atoms with Crippen LogP contribution < -0.4 is 10.9 Å². The van der Waals surface area contributed by atoms with Crippen molar-refractivity contribution >= 4 is 17.0 Å². The van der Waals surface area contributed by atoms with Crippen molar-refractivity contribution in [3.8, 4) is 0 Å². The summed E-state index contributed by atoms with van der Waals surface area (Å²) in [4.78, 5) is 21.4. The molecule has 1 saturated carbocycles. The van der Waals surface area contributed by atoms with Crippen LogP contribution in [0.4, 0.5) is 5.95 Å². The maximum atomic E-state index is 11.9. The third-order valence-corrected chi connectivity index (χ3v) is 4.66. The zero-order chi connectivity index (χ0) is 15.5. The number of hydrogen-bond acceptors (Lipinski definition) is 5. The van der Waals surface area contributed by atoms with E-state index in [1.807, 2.05) is 0 Å². The quantitative estimate of drug-likeness (QED) is 0.780. The van der Waals surface area contributed by atoms with E-state index in [2.05, 4.69) is 44.5 Å². The Balaban J connectivity index is 1.71. The van der Waals surface area contributed by atoms with Crippen LogP contribution in [0.15, 0.2) is 11.0 Å². The summed E-state index contributed by atoms with van der Waals surface area (Å²) in [5.41, 5.74) is 0.352. The zero-order valence-corrected chi connectivity index (χ0v) is 13.2. The zero-order valence-electron chi connectivity index (χ0n) is 13.2. The highest BCUT2D eigenvalue weighted by Crippen LogP contribution is 2.28. The molecule has 120 valence electrons. The van der Waals surface area contributed by atoms with Gasteiger partial charge in [-0.2, -0.15) is 10.1 Å². The lowest BCUT2D eigenvalue weighted by atomic mass is 9.83. The van der Waals surface area contributed by atoms with Crippen LogP contribution in [0.2, 0.25) is 0 Å². The highest BCUT2D eigenvalue weighted by molar-refractivity contribution is 5.73. The fourth-order valence-electron chi connectivity index (χ4n) is 3.42. The van der Waals surface area contributed by atoms with Crippen LogP contribution in [-0.4, -0.2) is 51.7 Å². The lowest BCUT2D eigenvalue weighted by Crippen LogP contribution is -2.42. The van der Waals surface area contributed by atoms with Crippen LogP contribution in [0.5, 0.6) is 0 Å². The van der Waals surface area contributed by atoms with Gasteiger partial charge in [0.1, 0.15) is 5.39 Å². The van der Waals surface area contributed by atoms with Gasteiger partial charge in [0.25, 0.3) is 5.56 Å². The van der Waals surface area contributed by atoms with Gasteiger partial charge < -0.3 is 10.2 Å². The summed E-state index contributed by atoms with van der Waals surface area (Å²) in [7, 11) is 4.24. The third kappa shape index (κ3) is 3.14. The van der Waals surface area contributed by atoms with Crippen molar-refractivity contribution in [3.63, 3.8) is 0 Å². The molecular formula is C15H24N6O. The van der Waals surface area contributed by atoms with E-state index >= 15 is 0 Å². The minimum atomic E-state index is -0.166. The molecule has 0 spiro atoms. The Labute approximate surface area is 129 Å². The van der Waals surface area contributed by atoms with E-state index in [1.54, 1.807) is 0 Å². The monoisotopic (exact) mass is 304 g/mol. The number of aromatic amines is 2. The van der Waals surface area contributed by atoms with Gasteiger partial charge in [0.15, 0.2) is 5.65 Å². The Kier molecular flexibility index (Phi) is 4.42. The highest BCUT2D eigenvalue weighted by Gasteiger charge is 2.25. The predicted octanol–water partition coefficient (Wildman–Crippen LogP) is 1.57. The van der Waals surface area contributed by atoms with E-state index in [1.165, 1.54) is 38.3 Å². The van der Waals surface area contributed by atoms with Crippen LogP contribution in [0.3, 0.4) is 0 Å². The minimum absolute atomic E-state index is 0.166. The van der Waals surface area contributed by atoms with Gasteiger partial charge in [-0.1, -0.05) is 19.3 Å². The molecule has 2 aromatic heterocycles. The molecule has 1 atom stereocenters. The maximum absolute atomic E-state index is 11.9. The van der Waals surface area contributed by atoms with Crippen molar-refractivity contribution in [2.75, 3.05) is 26.0 Å². The number of hydrogen-bond donors (Lipinski definition) is 3. The lowest BCUT2D eigenvalue weighted by Gasteiger charge is -2.35. The Morgan fingerprint density at radius 2 is 2.14 bits per heavy atom. The number of anilines is 1. The van der Waals surface area contributed by atoms with E-state index in [4.69, 9.17) is 0 Å². The summed E-state index contributed by atoms with van der Waals surface area (Å²) in [5, 5.41) is 10.4. The number of likely N-dealkylation sites (N-methyl/N-ethyl adjacent to an activating group) is 1. The number of nitrogens with zero attached hydrogens (tertiary/aromatic N) is 3. The van der Waals surface area contributed by atoms with Crippen molar-refractivity contribution in [2.24, 2.45) is 5.92 Å². The van der Waals surface area contributed by atoms with Crippen molar-refractivity contribution in [1.29, 1.82) is 0 Å². The van der Waals surface area contributed by atoms with Gasteiger partial charge in [0.2, 0.25) is 5.95 Å². The van der Waals surface area contributed by atoms with Crippen molar-refractivity contribution < 1.29 is 0 Å². The number of fused-ring (bicyclic) bond motifs is 1. The summed E-state index contributed by atoms with van der Waals surface area (Å²) in [6.45, 7) is 0.778. The first-order valence-corrected chi connectivity index (χ1v) is 7.99. The van der Waals surface area contributed by atoms with Gasteiger partial charge in [-0.25, -0.2) is 0 Å². The van der Waals surface area contributed by atoms with Gasteiger partial charge in [0.05, 0.1) is 6.20 Å². The topological polar surface area (TPSA) is 89.7 Å². The molecule has 1 aliphatic rings. The number of nitrogens with one attached hydrogen (secondary N) is 3. The molecule has 1 fully saturated rings. The van der Waals surface area contributed by atoms with Crippen LogP contribution in [0.25, 0.3) is 11.0 Å². The number of rotatable bonds is 5. The molecule has 7 nitrogen and oxygen atoms in total. The summed E-state index contributed by atoms with van der Waals surface area (Å²) in [6.07, 6.45) is 8.07. The van der Waals surface area contributed by atoms with Crippen molar-refractivity contribution in [3.05, 3.63) is 16.6 Å². The SMILES string of the molecule is CN(C)C(CNc1nc2[nH]ncc2c(=O)[nH]1)C1CCCCC1. The van der Waals surface area contributed by atoms with E-state index in [0.717, 1.165) is 6.54 Å². The molecule has 22 heavy (non-hydrogen) atoms. The second kappa shape index (κ2) is 6.48. The number of aromatic nitrogens is 4. The van der Waals surface area contributed by atoms with Crippen LogP contribution in [0, 0.1) is 5.92 Å². The minimum Gasteiger partial charge on any atom is -0.354 e. The number of H-pyrrole nitrogens is 2. The fraction of sp³-hybridized carbons (Fsp3) is 0.667. The summed E-state index contributed by atoms with van der Waals surface area (Å²) >= 11 is 0. The average Bonchev–Trinajstić information content (AvgIpc) is 2.97. The molecular weight excluding hydrogens is 280 g/mol. The lowest BCUT2D eigenvalue weighted by molar-refractivity contribution is 0.179. The molecule has 1 unspecified atom stereocenters. The van der Waals surface area contributed by atoms with Crippen LogP contribution >= 0.6 is 0 Å². The van der Waals surface area contributed by atoms with Gasteiger partial charge in [-0.05, 0) is 32.9 Å². The highest BCUT2D eigenvalue weighted by atomic mass is 16.1. The van der Waals surface area contributed by atoms with E-state index < -0.39 is 0 Å². The maximum Gasteiger partial charge on any atom is 0.263 e. The first kappa shape index (κ1) is 15.0. The Bertz CT molecular complexity index is 670. The second-order valence-corrected chi connectivity index (χ2v) is 6.36. The standard InChI is InChI=1S/C15H24N6O/c1-21(2)12(10-6-4-3-5-7-10)9-16-15-18-13-11(8-17-20-13)14(22)19-15/h8,10,12H,3-7,9H2,1-2H3,(H3,16,17,18,19,20,22). The first-order chi connectivity index (χ1) is 10.6. The molecule has 7 heteroatoms. The summed E-state index contributed by atoms with van der Waals surface area (Å²) < 4.78 is 0. The predicted molar refractivity (Wildman–Crippen MR) is 87.0 cm³/mol. The summed E-state index contributed by atoms with van der Waals surface area (Å²) in [5.74, 6) is 1.21. The van der Waals surface area contributed by atoms with Crippen molar-refractivity contribution in [1.82, 2.24) is 25.1 Å². The Morgan fingerprint density at radius 3 is 2.86 bits per heavy atom. The van der Waals surface area contributed by atoms with Gasteiger partial charge in [-0.15, -0.1) is 0 Å². The largest absolute Gasteiger partial charge is 0.354 e. The molecule has 0 aromatic carbocycles. The third-order valence-electron chi connectivity index (χ3n) is 4.66. The van der Waals surface area contributed by atoms with E-state index in [9.17, 15) is 4.79 Å². The molecule has 0 aliphatic heterocycles. The molecule has 3 N–H and O–H groups in total. The molecule has 3 rings (SSSR count). The molecule has 2 heterocycles. The first-order valence-electron chi connectivity index (χ1n) is 7.99. The molecule has 2 aromatic rings. The molecule has 0 amide bonds. The van der Waals surface area contributed by atoms with Gasteiger partial charge in [0, 0.05) is 12.6 Å². The van der Waals surface area contributed by atoms with E-state index in [-0.39, 0.29) is 5.56 Å². The Morgan fingerprint density at radius 1 is 1.36 bits per heavy atom. The molecule has 0 bridgehead atoms. The molecule has 0 radical (unpaired) electrons. The van der Waals surface area contributed by atoms with Gasteiger partial charge in [-0.3, -0.25) is 14.9 Å². The Hall–Kier alpha value is -1.89. The van der Waals surface area contributed by atoms with Gasteiger partial charge >= 0.3 is 0 Å². The summed E-state index contributed by atoms with van der Waals surface area (Å²) in [6, 6.07) is 0.447. The van der Waals surface area contributed by atoms with Crippen molar-refractivity contribution in [2.45, 2.75) is 38.1 Å². The smallest absolute Gasteiger partial charge is 0.263 e. The van der Waals surface area contributed by atoms with Crippen LogP contribution in [0.1, 0.15) is 32.1 Å². The molecule has 1 aliphatic carbocycles. The average molecular weight is 304 g/mol. The molecule has 0 saturated heterocycles. The van der Waals surface area contributed by atoms with E-state index in [0.29, 0.717) is 28.9 Å².